The third-order valence-corrected chi connectivity index (χ3v) is 7.49. The molecular formula is C32H45N3O3. The van der Waals surface area contributed by atoms with Crippen LogP contribution in [0.25, 0.3) is 0 Å². The number of amides is 1. The second-order valence-corrected chi connectivity index (χ2v) is 12.8. The van der Waals surface area contributed by atoms with Crippen molar-refractivity contribution in [1.29, 1.82) is 5.41 Å². The van der Waals surface area contributed by atoms with E-state index in [-0.39, 0.29) is 40.7 Å². The highest BCUT2D eigenvalue weighted by Gasteiger charge is 2.38. The fraction of sp³-hybridized carbons (Fsp3) is 0.531. The molecule has 38 heavy (non-hydrogen) atoms. The van der Waals surface area contributed by atoms with Crippen LogP contribution in [0.3, 0.4) is 0 Å². The average Bonchev–Trinajstić information content (AvgIpc) is 3.07. The fourth-order valence-corrected chi connectivity index (χ4v) is 5.43. The Balaban J connectivity index is 1.83. The third-order valence-electron chi connectivity index (χ3n) is 7.49. The van der Waals surface area contributed by atoms with Gasteiger partial charge in [-0.1, -0.05) is 67.0 Å². The van der Waals surface area contributed by atoms with Crippen molar-refractivity contribution in [3.05, 3.63) is 58.7 Å². The molecule has 2 unspecified atom stereocenters. The lowest BCUT2D eigenvalue weighted by molar-refractivity contribution is -0.114. The normalized spacial score (nSPS) is 18.1. The molecule has 1 aliphatic rings. The minimum absolute atomic E-state index is 0.0266. The maximum absolute atomic E-state index is 13.6. The van der Waals surface area contributed by atoms with Crippen LogP contribution in [-0.4, -0.2) is 40.6 Å². The maximum Gasteiger partial charge on any atom is 0.221 e. The monoisotopic (exact) mass is 519 g/mol. The van der Waals surface area contributed by atoms with E-state index in [0.29, 0.717) is 23.9 Å². The molecule has 0 aliphatic carbocycles. The zero-order valence-electron chi connectivity index (χ0n) is 24.4. The zero-order chi connectivity index (χ0) is 28.4. The van der Waals surface area contributed by atoms with Crippen molar-refractivity contribution in [2.75, 3.05) is 18.4 Å². The van der Waals surface area contributed by atoms with Gasteiger partial charge in [0, 0.05) is 41.8 Å². The van der Waals surface area contributed by atoms with Gasteiger partial charge in [-0.15, -0.1) is 0 Å². The van der Waals surface area contributed by atoms with Crippen LogP contribution in [0.5, 0.6) is 5.75 Å². The summed E-state index contributed by atoms with van der Waals surface area (Å²) in [5, 5.41) is 22.8. The van der Waals surface area contributed by atoms with Crippen molar-refractivity contribution >= 4 is 23.2 Å². The molecule has 2 aromatic carbocycles. The molecule has 2 atom stereocenters. The number of Topliss-reactive ketones (excluding diaryl/α,β-unsaturated/α-hetero) is 1. The Morgan fingerprint density at radius 2 is 1.58 bits per heavy atom. The van der Waals surface area contributed by atoms with Gasteiger partial charge >= 0.3 is 0 Å². The number of benzene rings is 2. The van der Waals surface area contributed by atoms with Crippen LogP contribution in [0.15, 0.2) is 36.4 Å². The van der Waals surface area contributed by atoms with Gasteiger partial charge in [0.25, 0.3) is 0 Å². The van der Waals surface area contributed by atoms with Crippen molar-refractivity contribution in [3.8, 4) is 5.75 Å². The van der Waals surface area contributed by atoms with E-state index < -0.39 is 0 Å². The van der Waals surface area contributed by atoms with Crippen LogP contribution in [0.2, 0.25) is 0 Å². The van der Waals surface area contributed by atoms with E-state index in [1.807, 2.05) is 82.8 Å². The third kappa shape index (κ3) is 6.83. The van der Waals surface area contributed by atoms with Crippen molar-refractivity contribution in [3.63, 3.8) is 0 Å². The van der Waals surface area contributed by atoms with Gasteiger partial charge in [-0.2, -0.15) is 0 Å². The van der Waals surface area contributed by atoms with Crippen LogP contribution in [0.1, 0.15) is 95.3 Å². The summed E-state index contributed by atoms with van der Waals surface area (Å²) in [5.74, 6) is 1.02. The Hall–Kier alpha value is -3.15. The summed E-state index contributed by atoms with van der Waals surface area (Å²) >= 11 is 0. The van der Waals surface area contributed by atoms with Crippen LogP contribution < -0.4 is 5.32 Å². The number of phenols is 1. The molecule has 0 spiro atoms. The molecule has 0 bridgehead atoms. The number of nitrogens with one attached hydrogen (secondary N) is 2. The first kappa shape index (κ1) is 29.4. The number of hydrogen-bond donors (Lipinski definition) is 3. The van der Waals surface area contributed by atoms with E-state index in [4.69, 9.17) is 5.41 Å². The predicted molar refractivity (Wildman–Crippen MR) is 155 cm³/mol. The molecule has 1 heterocycles. The van der Waals surface area contributed by atoms with Crippen LogP contribution >= 0.6 is 0 Å². The lowest BCUT2D eigenvalue weighted by atomic mass is 9.78. The van der Waals surface area contributed by atoms with Gasteiger partial charge < -0.3 is 15.3 Å². The maximum atomic E-state index is 13.6. The van der Waals surface area contributed by atoms with E-state index in [1.165, 1.54) is 6.92 Å². The lowest BCUT2D eigenvalue weighted by Gasteiger charge is -2.28. The summed E-state index contributed by atoms with van der Waals surface area (Å²) in [5.41, 5.74) is 3.39. The number of phenolic OH excluding ortho intramolecular Hbond substituents is 1. The molecular weight excluding hydrogens is 474 g/mol. The van der Waals surface area contributed by atoms with Gasteiger partial charge in [0.1, 0.15) is 11.6 Å². The Morgan fingerprint density at radius 3 is 2.05 bits per heavy atom. The summed E-state index contributed by atoms with van der Waals surface area (Å²) in [6, 6.07) is 11.5. The van der Waals surface area contributed by atoms with Gasteiger partial charge in [-0.25, -0.2) is 0 Å². The van der Waals surface area contributed by atoms with Crippen LogP contribution in [0.4, 0.5) is 5.69 Å². The Labute approximate surface area is 228 Å². The largest absolute Gasteiger partial charge is 0.507 e. The van der Waals surface area contributed by atoms with Gasteiger partial charge in [0.15, 0.2) is 5.78 Å². The minimum atomic E-state index is -0.312. The molecule has 0 saturated carbocycles. The van der Waals surface area contributed by atoms with E-state index >= 15 is 0 Å². The number of aromatic hydroxyl groups is 1. The number of nitrogens with zero attached hydrogens (tertiary/aromatic N) is 1. The smallest absolute Gasteiger partial charge is 0.221 e. The molecule has 1 aliphatic heterocycles. The molecule has 206 valence electrons. The summed E-state index contributed by atoms with van der Waals surface area (Å²) in [6.45, 7) is 16.8. The van der Waals surface area contributed by atoms with E-state index in [2.05, 4.69) is 12.2 Å². The van der Waals surface area contributed by atoms with E-state index in [1.54, 1.807) is 0 Å². The highest BCUT2D eigenvalue weighted by Crippen LogP contribution is 2.40. The molecule has 1 fully saturated rings. The van der Waals surface area contributed by atoms with Crippen molar-refractivity contribution in [2.45, 2.75) is 85.5 Å². The number of carbonyl (C=O) groups excluding carboxylic acids is 2. The summed E-state index contributed by atoms with van der Waals surface area (Å²) < 4.78 is 0. The Bertz CT molecular complexity index is 1150. The van der Waals surface area contributed by atoms with Crippen LogP contribution in [-0.2, 0) is 22.0 Å². The summed E-state index contributed by atoms with van der Waals surface area (Å²) in [6.07, 6.45) is 2.76. The quantitative estimate of drug-likeness (QED) is 0.339. The summed E-state index contributed by atoms with van der Waals surface area (Å²) in [7, 11) is 0. The fourth-order valence-electron chi connectivity index (χ4n) is 5.43. The van der Waals surface area contributed by atoms with Gasteiger partial charge in [0.2, 0.25) is 5.91 Å². The molecule has 0 aromatic heterocycles. The first-order valence-corrected chi connectivity index (χ1v) is 13.7. The molecule has 1 saturated heterocycles. The number of rotatable bonds is 8. The highest BCUT2D eigenvalue weighted by molar-refractivity contribution is 6.01. The second-order valence-electron chi connectivity index (χ2n) is 12.8. The highest BCUT2D eigenvalue weighted by atomic mass is 16.3. The lowest BCUT2D eigenvalue weighted by Crippen LogP contribution is -2.33. The number of ketones is 1. The van der Waals surface area contributed by atoms with Crippen molar-refractivity contribution in [2.24, 2.45) is 11.8 Å². The first-order valence-electron chi connectivity index (χ1n) is 13.7. The number of likely N-dealkylation sites (tertiary alicyclic amines) is 1. The molecule has 6 heteroatoms. The molecule has 1 amide bonds. The number of carbonyl (C=O) groups is 2. The van der Waals surface area contributed by atoms with Crippen molar-refractivity contribution in [1.82, 2.24) is 4.90 Å². The Kier molecular flexibility index (Phi) is 8.75. The average molecular weight is 520 g/mol. The van der Waals surface area contributed by atoms with E-state index in [0.717, 1.165) is 41.6 Å². The summed E-state index contributed by atoms with van der Waals surface area (Å²) in [4.78, 5) is 26.9. The SMILES string of the molecule is CCCC1CN(CC(=O)c2cc(C(C)(C)C)c(O)c(C(C)(C)C)c2)C(=N)C1Cc1ccc(NC(C)=O)cc1. The molecule has 2 aromatic rings. The van der Waals surface area contributed by atoms with Gasteiger partial charge in [-0.05, 0) is 59.4 Å². The second kappa shape index (κ2) is 11.3. The number of amidine groups is 1. The standard InChI is InChI=1S/C32H45N3O3/c1-9-10-22-18-35(30(33)25(22)15-21-11-13-24(14-12-21)34-20(2)36)19-28(37)23-16-26(31(3,4)5)29(38)27(17-23)32(6,7)8/h11-14,16-17,22,25,33,38H,9-10,15,18-19H2,1-8H3,(H,34,36). The molecule has 3 N–H and O–H groups in total. The molecule has 3 rings (SSSR count). The molecule has 6 nitrogen and oxygen atoms in total. The van der Waals surface area contributed by atoms with E-state index in [9.17, 15) is 14.7 Å². The zero-order valence-corrected chi connectivity index (χ0v) is 24.4. The van der Waals surface area contributed by atoms with Crippen molar-refractivity contribution < 1.29 is 14.7 Å². The van der Waals surface area contributed by atoms with Gasteiger partial charge in [0.05, 0.1) is 6.54 Å². The number of anilines is 1. The Morgan fingerprint density at radius 1 is 1.03 bits per heavy atom. The minimum Gasteiger partial charge on any atom is -0.507 e. The predicted octanol–water partition coefficient (Wildman–Crippen LogP) is 6.70. The topological polar surface area (TPSA) is 93.5 Å². The van der Waals surface area contributed by atoms with Gasteiger partial charge in [-0.3, -0.25) is 15.0 Å². The number of hydrogen-bond acceptors (Lipinski definition) is 4. The first-order chi connectivity index (χ1) is 17.6. The molecule has 0 radical (unpaired) electrons. The van der Waals surface area contributed by atoms with Crippen LogP contribution in [0, 0.1) is 17.2 Å².